The van der Waals surface area contributed by atoms with E-state index >= 15 is 0 Å². The van der Waals surface area contributed by atoms with Gasteiger partial charge in [-0.15, -0.1) is 0 Å². The van der Waals surface area contributed by atoms with E-state index in [1.54, 1.807) is 17.2 Å². The maximum Gasteiger partial charge on any atom is 0.322 e. The van der Waals surface area contributed by atoms with Gasteiger partial charge in [-0.3, -0.25) is 19.0 Å². The Morgan fingerprint density at radius 2 is 2.00 bits per heavy atom. The third kappa shape index (κ3) is 5.80. The number of esters is 1. The topological polar surface area (TPSA) is 173 Å². The van der Waals surface area contributed by atoms with E-state index in [0.29, 0.717) is 55.1 Å². The molecule has 36 heavy (non-hydrogen) atoms. The SMILES string of the molecule is COC(=O)[C@@H](N)CCCC(N)C(=O)n1ccc2c(N(C)[C@H]3CN(C(=O)CC#N)CC[C@H]3C)ncnc21. The Labute approximate surface area is 210 Å². The summed E-state index contributed by atoms with van der Waals surface area (Å²) in [6.45, 7) is 3.24. The molecule has 1 saturated heterocycles. The molecule has 12 heteroatoms. The van der Waals surface area contributed by atoms with E-state index in [-0.39, 0.29) is 24.3 Å². The number of nitriles is 1. The maximum atomic E-state index is 13.1. The van der Waals surface area contributed by atoms with Crippen molar-refractivity contribution in [3.8, 4) is 6.07 Å². The number of rotatable bonds is 9. The fourth-order valence-corrected chi connectivity index (χ4v) is 4.64. The molecule has 12 nitrogen and oxygen atoms in total. The van der Waals surface area contributed by atoms with Crippen LogP contribution in [0.15, 0.2) is 18.6 Å². The number of amides is 1. The molecule has 2 aromatic rings. The van der Waals surface area contributed by atoms with Crippen LogP contribution in [0.5, 0.6) is 0 Å². The number of ether oxygens (including phenoxy) is 1. The van der Waals surface area contributed by atoms with E-state index in [1.807, 2.05) is 18.0 Å². The Morgan fingerprint density at radius 3 is 2.69 bits per heavy atom. The normalized spacial score (nSPS) is 19.4. The first-order valence-corrected chi connectivity index (χ1v) is 12.0. The van der Waals surface area contributed by atoms with Crippen LogP contribution in [0.3, 0.4) is 0 Å². The molecule has 1 amide bonds. The summed E-state index contributed by atoms with van der Waals surface area (Å²) in [6, 6.07) is 2.16. The lowest BCUT2D eigenvalue weighted by atomic mass is 9.92. The van der Waals surface area contributed by atoms with Gasteiger partial charge >= 0.3 is 5.97 Å². The number of methoxy groups -OCH3 is 1. The number of nitrogens with zero attached hydrogens (tertiary/aromatic N) is 6. The van der Waals surface area contributed by atoms with E-state index in [9.17, 15) is 14.4 Å². The van der Waals surface area contributed by atoms with Crippen LogP contribution >= 0.6 is 0 Å². The van der Waals surface area contributed by atoms with Gasteiger partial charge in [-0.25, -0.2) is 9.97 Å². The summed E-state index contributed by atoms with van der Waals surface area (Å²) in [5.41, 5.74) is 12.4. The molecule has 1 unspecified atom stereocenters. The molecule has 3 heterocycles. The van der Waals surface area contributed by atoms with Gasteiger partial charge in [0.05, 0.1) is 30.6 Å². The summed E-state index contributed by atoms with van der Waals surface area (Å²) >= 11 is 0. The van der Waals surface area contributed by atoms with Crippen molar-refractivity contribution < 1.29 is 19.1 Å². The lowest BCUT2D eigenvalue weighted by Crippen LogP contribution is -2.52. The van der Waals surface area contributed by atoms with E-state index in [1.165, 1.54) is 18.0 Å². The average Bonchev–Trinajstić information content (AvgIpc) is 3.31. The maximum absolute atomic E-state index is 13.1. The number of likely N-dealkylation sites (tertiary alicyclic amines) is 1. The largest absolute Gasteiger partial charge is 0.468 e. The quantitative estimate of drug-likeness (QED) is 0.467. The molecule has 4 atom stereocenters. The molecule has 0 bridgehead atoms. The van der Waals surface area contributed by atoms with E-state index in [4.69, 9.17) is 16.7 Å². The van der Waals surface area contributed by atoms with Crippen LogP contribution in [0, 0.1) is 17.2 Å². The lowest BCUT2D eigenvalue weighted by Gasteiger charge is -2.42. The minimum Gasteiger partial charge on any atom is -0.468 e. The highest BCUT2D eigenvalue weighted by atomic mass is 16.5. The van der Waals surface area contributed by atoms with E-state index in [0.717, 1.165) is 6.42 Å². The highest BCUT2D eigenvalue weighted by molar-refractivity contribution is 5.97. The number of carbonyl (C=O) groups excluding carboxylic acids is 3. The number of hydrogen-bond acceptors (Lipinski definition) is 10. The van der Waals surface area contributed by atoms with Gasteiger partial charge in [0, 0.05) is 26.3 Å². The molecule has 0 aliphatic carbocycles. The van der Waals surface area contributed by atoms with Crippen molar-refractivity contribution in [3.63, 3.8) is 0 Å². The first-order valence-electron chi connectivity index (χ1n) is 12.0. The Morgan fingerprint density at radius 1 is 1.28 bits per heavy atom. The van der Waals surface area contributed by atoms with Crippen molar-refractivity contribution in [1.29, 1.82) is 5.26 Å². The number of carbonyl (C=O) groups is 3. The van der Waals surface area contributed by atoms with Crippen LogP contribution in [0.2, 0.25) is 0 Å². The first-order chi connectivity index (χ1) is 17.2. The summed E-state index contributed by atoms with van der Waals surface area (Å²) in [5, 5.41) is 9.59. The van der Waals surface area contributed by atoms with Gasteiger partial charge in [0.15, 0.2) is 5.65 Å². The zero-order valence-electron chi connectivity index (χ0n) is 21.0. The van der Waals surface area contributed by atoms with E-state index in [2.05, 4.69) is 21.6 Å². The summed E-state index contributed by atoms with van der Waals surface area (Å²) in [6.07, 6.45) is 4.93. The van der Waals surface area contributed by atoms with Gasteiger partial charge in [-0.05, 0) is 37.7 Å². The van der Waals surface area contributed by atoms with Crippen LogP contribution in [-0.2, 0) is 14.3 Å². The van der Waals surface area contributed by atoms with Gasteiger partial charge in [-0.2, -0.15) is 5.26 Å². The molecule has 194 valence electrons. The van der Waals surface area contributed by atoms with Crippen LogP contribution in [0.1, 0.15) is 43.8 Å². The van der Waals surface area contributed by atoms with Crippen molar-refractivity contribution in [2.75, 3.05) is 32.1 Å². The van der Waals surface area contributed by atoms with Crippen molar-refractivity contribution in [1.82, 2.24) is 19.4 Å². The zero-order valence-corrected chi connectivity index (χ0v) is 21.0. The Balaban J connectivity index is 1.75. The standard InChI is InChI=1S/C24H34N8O4/c1-15-8-11-31(20(33)7-10-25)13-19(15)30(2)21-16-9-12-32(22(16)29-14-28-21)23(34)17(26)5-4-6-18(27)24(35)36-3/h9,12,14-15,17-19H,4-8,11,13,26-27H2,1-3H3/t15-,17?,18+,19+/m1/s1. The lowest BCUT2D eigenvalue weighted by molar-refractivity contribution is -0.142. The van der Waals surface area contributed by atoms with Gasteiger partial charge in [0.25, 0.3) is 0 Å². The smallest absolute Gasteiger partial charge is 0.322 e. The zero-order chi connectivity index (χ0) is 26.4. The summed E-state index contributed by atoms with van der Waals surface area (Å²) in [4.78, 5) is 49.4. The molecule has 2 aromatic heterocycles. The van der Waals surface area contributed by atoms with E-state index < -0.39 is 18.1 Å². The first kappa shape index (κ1) is 27.0. The molecular formula is C24H34N8O4. The second kappa shape index (κ2) is 11.9. The minimum atomic E-state index is -0.792. The highest BCUT2D eigenvalue weighted by Crippen LogP contribution is 2.29. The molecule has 3 rings (SSSR count). The monoisotopic (exact) mass is 498 g/mol. The van der Waals surface area contributed by atoms with Crippen molar-refractivity contribution in [3.05, 3.63) is 18.6 Å². The molecule has 4 N–H and O–H groups in total. The Kier molecular flexibility index (Phi) is 8.95. The molecule has 1 aliphatic rings. The second-order valence-corrected chi connectivity index (χ2v) is 9.24. The average molecular weight is 499 g/mol. The van der Waals surface area contributed by atoms with Crippen molar-refractivity contribution in [2.24, 2.45) is 17.4 Å². The van der Waals surface area contributed by atoms with Gasteiger partial charge < -0.3 is 26.0 Å². The number of likely N-dealkylation sites (N-methyl/N-ethyl adjacent to an activating group) is 1. The molecule has 0 radical (unpaired) electrons. The predicted molar refractivity (Wildman–Crippen MR) is 133 cm³/mol. The molecule has 0 spiro atoms. The molecule has 1 fully saturated rings. The molecule has 0 saturated carbocycles. The van der Waals surface area contributed by atoms with Crippen LogP contribution in [0.4, 0.5) is 5.82 Å². The molecule has 0 aromatic carbocycles. The second-order valence-electron chi connectivity index (χ2n) is 9.24. The van der Waals surface area contributed by atoms with Crippen LogP contribution < -0.4 is 16.4 Å². The number of aromatic nitrogens is 3. The fourth-order valence-electron chi connectivity index (χ4n) is 4.64. The third-order valence-corrected chi connectivity index (χ3v) is 6.88. The Hall–Kier alpha value is -3.56. The predicted octanol–water partition coefficient (Wildman–Crippen LogP) is 0.656. The summed E-state index contributed by atoms with van der Waals surface area (Å²) in [5.74, 6) is -0.0445. The number of piperidine rings is 1. The van der Waals surface area contributed by atoms with Gasteiger partial charge in [0.2, 0.25) is 11.8 Å². The molecular weight excluding hydrogens is 464 g/mol. The van der Waals surface area contributed by atoms with Gasteiger partial charge in [-0.1, -0.05) is 6.92 Å². The number of fused-ring (bicyclic) bond motifs is 1. The third-order valence-electron chi connectivity index (χ3n) is 6.88. The molecule has 1 aliphatic heterocycles. The van der Waals surface area contributed by atoms with Crippen molar-refractivity contribution >= 4 is 34.6 Å². The number of hydrogen-bond donors (Lipinski definition) is 2. The van der Waals surface area contributed by atoms with Crippen molar-refractivity contribution in [2.45, 2.75) is 57.2 Å². The van der Waals surface area contributed by atoms with Crippen LogP contribution in [0.25, 0.3) is 11.0 Å². The number of nitrogens with two attached hydrogens (primary N) is 2. The highest BCUT2D eigenvalue weighted by Gasteiger charge is 2.33. The summed E-state index contributed by atoms with van der Waals surface area (Å²) < 4.78 is 6.04. The number of anilines is 1. The minimum absolute atomic E-state index is 0.0141. The fraction of sp³-hybridized carbons (Fsp3) is 0.583. The van der Waals surface area contributed by atoms with Gasteiger partial charge in [0.1, 0.15) is 24.6 Å². The summed E-state index contributed by atoms with van der Waals surface area (Å²) in [7, 11) is 3.19. The Bertz CT molecular complexity index is 1140. The van der Waals surface area contributed by atoms with Crippen LogP contribution in [-0.4, -0.2) is 82.6 Å².